The van der Waals surface area contributed by atoms with Gasteiger partial charge in [-0.25, -0.2) is 4.79 Å². The van der Waals surface area contributed by atoms with Crippen molar-refractivity contribution in [1.82, 2.24) is 9.80 Å². The van der Waals surface area contributed by atoms with E-state index in [1.54, 1.807) is 11.8 Å². The molecule has 2 fully saturated rings. The average Bonchev–Trinajstić information content (AvgIpc) is 3.21. The van der Waals surface area contributed by atoms with Crippen LogP contribution in [0, 0.1) is 0 Å². The second-order valence-corrected chi connectivity index (χ2v) is 8.05. The normalized spacial score (nSPS) is 24.6. The van der Waals surface area contributed by atoms with Gasteiger partial charge in [0.1, 0.15) is 18.2 Å². The van der Waals surface area contributed by atoms with Crippen molar-refractivity contribution in [1.29, 1.82) is 0 Å². The van der Waals surface area contributed by atoms with Crippen LogP contribution in [-0.4, -0.2) is 65.3 Å². The predicted molar refractivity (Wildman–Crippen MR) is 114 cm³/mol. The van der Waals surface area contributed by atoms with Gasteiger partial charge in [-0.05, 0) is 18.1 Å². The summed E-state index contributed by atoms with van der Waals surface area (Å²) >= 11 is 0. The molecule has 4 rings (SSSR count). The molecular weight excluding hydrogens is 396 g/mol. The molecule has 0 saturated carbocycles. The van der Waals surface area contributed by atoms with Crippen molar-refractivity contribution < 1.29 is 24.2 Å². The molecule has 4 atom stereocenters. The Bertz CT molecular complexity index is 891. The molecule has 2 aliphatic rings. The molecule has 2 saturated heterocycles. The Morgan fingerprint density at radius 2 is 1.74 bits per heavy atom. The Morgan fingerprint density at radius 3 is 2.45 bits per heavy atom. The number of likely N-dealkylation sites (tertiary alicyclic amines) is 1. The van der Waals surface area contributed by atoms with Gasteiger partial charge >= 0.3 is 6.09 Å². The smallest absolute Gasteiger partial charge is 0.411 e. The fraction of sp³-hybridized carbons (Fsp3) is 0.417. The molecule has 0 aliphatic carbocycles. The van der Waals surface area contributed by atoms with Crippen molar-refractivity contribution in [2.75, 3.05) is 26.2 Å². The van der Waals surface area contributed by atoms with Gasteiger partial charge in [0.25, 0.3) is 0 Å². The Labute approximate surface area is 182 Å². The SMILES string of the molecule is CC(OC(=O)N1C[C@@H](O)C[C@H]1C(=O)N1CCO[C@H](c2ccccc2)C1)c1ccccc1. The Kier molecular flexibility index (Phi) is 6.53. The van der Waals surface area contributed by atoms with Crippen LogP contribution in [0.3, 0.4) is 0 Å². The topological polar surface area (TPSA) is 79.3 Å². The minimum atomic E-state index is -0.750. The van der Waals surface area contributed by atoms with Gasteiger partial charge in [0, 0.05) is 13.0 Å². The Balaban J connectivity index is 1.43. The van der Waals surface area contributed by atoms with Gasteiger partial charge in [-0.1, -0.05) is 60.7 Å². The molecule has 2 amide bonds. The minimum absolute atomic E-state index is 0.0865. The van der Waals surface area contributed by atoms with Crippen molar-refractivity contribution >= 4 is 12.0 Å². The maximum Gasteiger partial charge on any atom is 0.411 e. The van der Waals surface area contributed by atoms with Crippen molar-refractivity contribution in [3.05, 3.63) is 71.8 Å². The minimum Gasteiger partial charge on any atom is -0.441 e. The second kappa shape index (κ2) is 9.49. The first-order chi connectivity index (χ1) is 15.0. The lowest BCUT2D eigenvalue weighted by atomic mass is 10.1. The molecule has 0 radical (unpaired) electrons. The summed E-state index contributed by atoms with van der Waals surface area (Å²) in [6.45, 7) is 3.18. The number of carbonyl (C=O) groups is 2. The molecule has 7 nitrogen and oxygen atoms in total. The molecule has 2 aliphatic heterocycles. The van der Waals surface area contributed by atoms with Crippen LogP contribution >= 0.6 is 0 Å². The van der Waals surface area contributed by atoms with Crippen LogP contribution in [0.5, 0.6) is 0 Å². The fourth-order valence-corrected chi connectivity index (χ4v) is 4.19. The summed E-state index contributed by atoms with van der Waals surface area (Å²) in [5.41, 5.74) is 1.89. The molecular formula is C24H28N2O5. The molecule has 0 spiro atoms. The monoisotopic (exact) mass is 424 g/mol. The van der Waals surface area contributed by atoms with Gasteiger partial charge in [0.05, 0.1) is 25.8 Å². The fourth-order valence-electron chi connectivity index (χ4n) is 4.19. The predicted octanol–water partition coefficient (Wildman–Crippen LogP) is 2.92. The number of carbonyl (C=O) groups excluding carboxylic acids is 2. The number of morpholine rings is 1. The summed E-state index contributed by atoms with van der Waals surface area (Å²) < 4.78 is 11.5. The van der Waals surface area contributed by atoms with Crippen LogP contribution in [0.25, 0.3) is 0 Å². The zero-order chi connectivity index (χ0) is 21.8. The highest BCUT2D eigenvalue weighted by molar-refractivity contribution is 5.86. The molecule has 7 heteroatoms. The van der Waals surface area contributed by atoms with Gasteiger partial charge in [0.15, 0.2) is 0 Å². The summed E-state index contributed by atoms with van der Waals surface area (Å²) in [5.74, 6) is -0.176. The maximum atomic E-state index is 13.3. The van der Waals surface area contributed by atoms with E-state index in [4.69, 9.17) is 9.47 Å². The van der Waals surface area contributed by atoms with Crippen LogP contribution in [0.1, 0.15) is 36.7 Å². The quantitative estimate of drug-likeness (QED) is 0.817. The molecule has 1 N–H and O–H groups in total. The average molecular weight is 424 g/mol. The highest BCUT2D eigenvalue weighted by atomic mass is 16.6. The first kappa shape index (κ1) is 21.3. The van der Waals surface area contributed by atoms with E-state index < -0.39 is 24.3 Å². The van der Waals surface area contributed by atoms with Gasteiger partial charge in [0.2, 0.25) is 5.91 Å². The zero-order valence-electron chi connectivity index (χ0n) is 17.6. The van der Waals surface area contributed by atoms with E-state index in [-0.39, 0.29) is 25.0 Å². The number of aliphatic hydroxyl groups excluding tert-OH is 1. The lowest BCUT2D eigenvalue weighted by molar-refractivity contribution is -0.143. The van der Waals surface area contributed by atoms with Crippen LogP contribution in [0.2, 0.25) is 0 Å². The van der Waals surface area contributed by atoms with Gasteiger partial charge in [-0.3, -0.25) is 9.69 Å². The first-order valence-corrected chi connectivity index (χ1v) is 10.7. The summed E-state index contributed by atoms with van der Waals surface area (Å²) in [5, 5.41) is 10.2. The van der Waals surface area contributed by atoms with E-state index in [0.717, 1.165) is 11.1 Å². The lowest BCUT2D eigenvalue weighted by Crippen LogP contribution is -2.51. The van der Waals surface area contributed by atoms with Crippen molar-refractivity contribution in [3.63, 3.8) is 0 Å². The van der Waals surface area contributed by atoms with Crippen molar-refractivity contribution in [3.8, 4) is 0 Å². The standard InChI is InChI=1S/C24H28N2O5/c1-17(18-8-4-2-5-9-18)31-24(29)26-15-20(27)14-21(26)23(28)25-12-13-30-22(16-25)19-10-6-3-7-11-19/h2-11,17,20-22,27H,12-16H2,1H3/t17?,20-,21-,22-/m0/s1. The number of β-amino-alcohol motifs (C(OH)–C–C–N with tert-alkyl or cyclic N) is 1. The lowest BCUT2D eigenvalue weighted by Gasteiger charge is -2.36. The van der Waals surface area contributed by atoms with Gasteiger partial charge in [-0.15, -0.1) is 0 Å². The molecule has 0 bridgehead atoms. The number of amides is 2. The molecule has 31 heavy (non-hydrogen) atoms. The number of nitrogens with zero attached hydrogens (tertiary/aromatic N) is 2. The first-order valence-electron chi connectivity index (χ1n) is 10.7. The number of hydrogen-bond acceptors (Lipinski definition) is 5. The van der Waals surface area contributed by atoms with Crippen molar-refractivity contribution in [2.24, 2.45) is 0 Å². The van der Waals surface area contributed by atoms with E-state index in [1.165, 1.54) is 4.90 Å². The van der Waals surface area contributed by atoms with E-state index in [1.807, 2.05) is 60.7 Å². The molecule has 2 aromatic carbocycles. The molecule has 2 aromatic rings. The highest BCUT2D eigenvalue weighted by Crippen LogP contribution is 2.27. The summed E-state index contributed by atoms with van der Waals surface area (Å²) in [4.78, 5) is 29.2. The van der Waals surface area contributed by atoms with Crippen LogP contribution in [0.15, 0.2) is 60.7 Å². The van der Waals surface area contributed by atoms with E-state index in [0.29, 0.717) is 19.7 Å². The van der Waals surface area contributed by atoms with Gasteiger partial charge < -0.3 is 19.5 Å². The number of aliphatic hydroxyl groups is 1. The summed E-state index contributed by atoms with van der Waals surface area (Å²) in [6.07, 6.45) is -1.78. The zero-order valence-corrected chi connectivity index (χ0v) is 17.6. The third kappa shape index (κ3) is 4.89. The number of ether oxygens (including phenoxy) is 2. The van der Waals surface area contributed by atoms with Crippen molar-refractivity contribution in [2.45, 2.75) is 37.7 Å². The molecule has 2 heterocycles. The Morgan fingerprint density at radius 1 is 1.06 bits per heavy atom. The van der Waals surface area contributed by atoms with E-state index in [2.05, 4.69) is 0 Å². The van der Waals surface area contributed by atoms with Gasteiger partial charge in [-0.2, -0.15) is 0 Å². The maximum absolute atomic E-state index is 13.3. The summed E-state index contributed by atoms with van der Waals surface area (Å²) in [7, 11) is 0. The molecule has 164 valence electrons. The molecule has 0 aromatic heterocycles. The van der Waals surface area contributed by atoms with Crippen LogP contribution in [0.4, 0.5) is 4.79 Å². The van der Waals surface area contributed by atoms with Crippen LogP contribution in [-0.2, 0) is 14.3 Å². The largest absolute Gasteiger partial charge is 0.441 e. The number of hydrogen-bond donors (Lipinski definition) is 1. The number of benzene rings is 2. The highest BCUT2D eigenvalue weighted by Gasteiger charge is 2.43. The molecule has 1 unspecified atom stereocenters. The Hall–Kier alpha value is -2.90. The number of rotatable bonds is 4. The van der Waals surface area contributed by atoms with Crippen LogP contribution < -0.4 is 0 Å². The van der Waals surface area contributed by atoms with E-state index >= 15 is 0 Å². The summed E-state index contributed by atoms with van der Waals surface area (Å²) in [6, 6.07) is 18.5. The third-order valence-corrected chi connectivity index (χ3v) is 5.89. The van der Waals surface area contributed by atoms with E-state index in [9.17, 15) is 14.7 Å². The third-order valence-electron chi connectivity index (χ3n) is 5.89. The second-order valence-electron chi connectivity index (χ2n) is 8.05.